The maximum atomic E-state index is 12.7. The van der Waals surface area contributed by atoms with Crippen LogP contribution in [0, 0.1) is 0 Å². The number of hydrogen-bond donors (Lipinski definition) is 1. The van der Waals surface area contributed by atoms with Crippen LogP contribution in [0.4, 0.5) is 23.8 Å². The zero-order chi connectivity index (χ0) is 16.1. The minimum absolute atomic E-state index is 0.0852. The summed E-state index contributed by atoms with van der Waals surface area (Å²) in [6, 6.07) is 0.417. The van der Waals surface area contributed by atoms with E-state index in [2.05, 4.69) is 4.98 Å². The molecule has 9 heteroatoms. The minimum atomic E-state index is -4.47. The van der Waals surface area contributed by atoms with Crippen LogP contribution in [0.25, 0.3) is 0 Å². The van der Waals surface area contributed by atoms with Gasteiger partial charge in [-0.1, -0.05) is 0 Å². The molecule has 3 heterocycles. The number of nitrogens with zero attached hydrogens (tertiary/aromatic N) is 3. The largest absolute Gasteiger partial charge is 0.487 e. The average molecular weight is 317 g/mol. The van der Waals surface area contributed by atoms with Crippen molar-refractivity contribution in [3.63, 3.8) is 0 Å². The summed E-state index contributed by atoms with van der Waals surface area (Å²) >= 11 is 0. The molecule has 0 aromatic carbocycles. The molecule has 0 spiro atoms. The molecule has 1 aromatic heterocycles. The third kappa shape index (κ3) is 2.40. The van der Waals surface area contributed by atoms with Gasteiger partial charge in [0.2, 0.25) is 0 Å². The summed E-state index contributed by atoms with van der Waals surface area (Å²) < 4.78 is 43.5. The van der Waals surface area contributed by atoms with E-state index in [-0.39, 0.29) is 31.0 Å². The first-order chi connectivity index (χ1) is 10.3. The molecule has 3 rings (SSSR count). The number of carbonyl (C=O) groups is 1. The molecule has 2 aliphatic rings. The van der Waals surface area contributed by atoms with Crippen molar-refractivity contribution in [2.45, 2.75) is 25.2 Å². The van der Waals surface area contributed by atoms with E-state index in [0.717, 1.165) is 12.3 Å². The Morgan fingerprint density at radius 3 is 2.82 bits per heavy atom. The molecule has 22 heavy (non-hydrogen) atoms. The van der Waals surface area contributed by atoms with Crippen LogP contribution in [0.3, 0.4) is 0 Å². The number of rotatable bonds is 0. The Labute approximate surface area is 124 Å². The first-order valence-corrected chi connectivity index (χ1v) is 6.73. The molecule has 1 amide bonds. The number of ether oxygens (including phenoxy) is 1. The Hall–Kier alpha value is -2.19. The van der Waals surface area contributed by atoms with Crippen molar-refractivity contribution in [3.05, 3.63) is 17.8 Å². The zero-order valence-corrected chi connectivity index (χ0v) is 11.7. The van der Waals surface area contributed by atoms with Gasteiger partial charge in [-0.2, -0.15) is 13.2 Å². The maximum absolute atomic E-state index is 12.7. The average Bonchev–Trinajstić information content (AvgIpc) is 2.44. The van der Waals surface area contributed by atoms with Gasteiger partial charge in [0.1, 0.15) is 6.61 Å². The Kier molecular flexibility index (Phi) is 3.30. The van der Waals surface area contributed by atoms with Gasteiger partial charge in [0, 0.05) is 25.3 Å². The number of alkyl halides is 3. The van der Waals surface area contributed by atoms with Crippen LogP contribution < -0.4 is 9.64 Å². The highest BCUT2D eigenvalue weighted by Crippen LogP contribution is 2.38. The predicted molar refractivity (Wildman–Crippen MR) is 70.1 cm³/mol. The molecule has 0 aliphatic carbocycles. The third-order valence-corrected chi connectivity index (χ3v) is 3.95. The zero-order valence-electron chi connectivity index (χ0n) is 11.7. The van der Waals surface area contributed by atoms with Crippen molar-refractivity contribution in [3.8, 4) is 5.75 Å². The molecule has 1 N–H and O–H groups in total. The Morgan fingerprint density at radius 2 is 2.18 bits per heavy atom. The van der Waals surface area contributed by atoms with Gasteiger partial charge in [-0.25, -0.2) is 9.78 Å². The molecule has 1 fully saturated rings. The smallest absolute Gasteiger partial charge is 0.418 e. The summed E-state index contributed by atoms with van der Waals surface area (Å²) in [5.74, 6) is 0.420. The van der Waals surface area contributed by atoms with Crippen molar-refractivity contribution in [1.29, 1.82) is 0 Å². The minimum Gasteiger partial charge on any atom is -0.487 e. The predicted octanol–water partition coefficient (Wildman–Crippen LogP) is 2.05. The number of halogens is 3. The van der Waals surface area contributed by atoms with Crippen molar-refractivity contribution >= 4 is 11.9 Å². The fraction of sp³-hybridized carbons (Fsp3) is 0.538. The summed E-state index contributed by atoms with van der Waals surface area (Å²) in [5.41, 5.74) is -0.859. The van der Waals surface area contributed by atoms with E-state index in [1.165, 1.54) is 4.90 Å². The quantitative estimate of drug-likeness (QED) is 0.793. The second-order valence-electron chi connectivity index (χ2n) is 5.44. The van der Waals surface area contributed by atoms with E-state index < -0.39 is 17.8 Å². The van der Waals surface area contributed by atoms with E-state index in [1.54, 1.807) is 6.92 Å². The molecule has 1 aromatic rings. The van der Waals surface area contributed by atoms with Crippen LogP contribution >= 0.6 is 0 Å². The lowest BCUT2D eigenvalue weighted by Crippen LogP contribution is -2.62. The molecule has 1 saturated heterocycles. The van der Waals surface area contributed by atoms with E-state index in [1.807, 2.05) is 4.90 Å². The van der Waals surface area contributed by atoms with Gasteiger partial charge in [0.25, 0.3) is 0 Å². The van der Waals surface area contributed by atoms with Gasteiger partial charge in [0.05, 0.1) is 11.6 Å². The maximum Gasteiger partial charge on any atom is 0.418 e. The molecule has 120 valence electrons. The molecular weight excluding hydrogens is 303 g/mol. The van der Waals surface area contributed by atoms with Crippen LogP contribution in [-0.2, 0) is 6.18 Å². The van der Waals surface area contributed by atoms with Gasteiger partial charge in [-0.05, 0) is 13.0 Å². The molecule has 2 aliphatic heterocycles. The number of hydrogen-bond acceptors (Lipinski definition) is 4. The molecule has 0 saturated carbocycles. The number of fused-ring (bicyclic) bond motifs is 3. The van der Waals surface area contributed by atoms with E-state index in [0.29, 0.717) is 12.4 Å². The van der Waals surface area contributed by atoms with Crippen LogP contribution in [0.1, 0.15) is 12.5 Å². The Morgan fingerprint density at radius 1 is 1.45 bits per heavy atom. The van der Waals surface area contributed by atoms with Crippen molar-refractivity contribution in [2.75, 3.05) is 24.6 Å². The van der Waals surface area contributed by atoms with Crippen LogP contribution in [0.2, 0.25) is 0 Å². The number of carboxylic acid groups (broad SMARTS) is 1. The normalized spacial score (nSPS) is 24.4. The summed E-state index contributed by atoms with van der Waals surface area (Å²) in [7, 11) is 0. The summed E-state index contributed by atoms with van der Waals surface area (Å²) in [6.07, 6.45) is -4.71. The van der Waals surface area contributed by atoms with E-state index in [4.69, 9.17) is 9.84 Å². The second-order valence-corrected chi connectivity index (χ2v) is 5.44. The first kappa shape index (κ1) is 14.7. The number of pyridine rings is 1. The third-order valence-electron chi connectivity index (χ3n) is 3.95. The van der Waals surface area contributed by atoms with Crippen LogP contribution in [0.5, 0.6) is 5.75 Å². The first-order valence-electron chi connectivity index (χ1n) is 6.73. The number of aromatic nitrogens is 1. The van der Waals surface area contributed by atoms with Gasteiger partial charge < -0.3 is 19.6 Å². The lowest BCUT2D eigenvalue weighted by atomic mass is 10.1. The van der Waals surface area contributed by atoms with Gasteiger partial charge in [0.15, 0.2) is 11.6 Å². The fourth-order valence-electron chi connectivity index (χ4n) is 2.81. The van der Waals surface area contributed by atoms with Crippen molar-refractivity contribution in [2.24, 2.45) is 0 Å². The standard InChI is InChI=1S/C13H14F3N3O3/c1-7-4-19-9(5-18(7)12(20)21)6-22-10-2-8(13(14,15)16)3-17-11(10)19/h2-3,7,9H,4-6H2,1H3,(H,20,21)/t7-,9-/m1/s1. The van der Waals surface area contributed by atoms with Gasteiger partial charge >= 0.3 is 12.3 Å². The lowest BCUT2D eigenvalue weighted by molar-refractivity contribution is -0.138. The molecule has 0 bridgehead atoms. The summed E-state index contributed by atoms with van der Waals surface area (Å²) in [5, 5.41) is 9.15. The number of piperazine rings is 1. The highest BCUT2D eigenvalue weighted by atomic mass is 19.4. The second kappa shape index (κ2) is 4.92. The van der Waals surface area contributed by atoms with E-state index >= 15 is 0 Å². The van der Waals surface area contributed by atoms with Crippen LogP contribution in [0.15, 0.2) is 12.3 Å². The molecule has 0 unspecified atom stereocenters. The van der Waals surface area contributed by atoms with Crippen LogP contribution in [-0.4, -0.2) is 52.9 Å². The number of amides is 1. The van der Waals surface area contributed by atoms with Crippen molar-refractivity contribution < 1.29 is 27.8 Å². The molecule has 0 radical (unpaired) electrons. The lowest BCUT2D eigenvalue weighted by Gasteiger charge is -2.46. The highest BCUT2D eigenvalue weighted by molar-refractivity contribution is 5.67. The highest BCUT2D eigenvalue weighted by Gasteiger charge is 2.40. The monoisotopic (exact) mass is 317 g/mol. The fourth-order valence-corrected chi connectivity index (χ4v) is 2.81. The topological polar surface area (TPSA) is 65.9 Å². The Balaban J connectivity index is 1.90. The Bertz CT molecular complexity index is 608. The molecular formula is C13H14F3N3O3. The van der Waals surface area contributed by atoms with E-state index in [9.17, 15) is 18.0 Å². The summed E-state index contributed by atoms with van der Waals surface area (Å²) in [6.45, 7) is 2.49. The van der Waals surface area contributed by atoms with Gasteiger partial charge in [-0.15, -0.1) is 0 Å². The number of anilines is 1. The summed E-state index contributed by atoms with van der Waals surface area (Å²) in [4.78, 5) is 18.2. The van der Waals surface area contributed by atoms with Gasteiger partial charge in [-0.3, -0.25) is 0 Å². The molecule has 2 atom stereocenters. The van der Waals surface area contributed by atoms with Crippen molar-refractivity contribution in [1.82, 2.24) is 9.88 Å². The molecule has 6 nitrogen and oxygen atoms in total. The SMILES string of the molecule is C[C@@H]1CN2c3ncc(C(F)(F)F)cc3OC[C@H]2CN1C(=O)O.